The number of imide groups is 2. The summed E-state index contributed by atoms with van der Waals surface area (Å²) in [5, 5.41) is 21.0. The van der Waals surface area contributed by atoms with Crippen molar-refractivity contribution in [2.24, 2.45) is 0 Å². The molecular formula is C30H24N4O6. The first kappa shape index (κ1) is 25.5. The van der Waals surface area contributed by atoms with E-state index in [9.17, 15) is 29.4 Å². The van der Waals surface area contributed by atoms with Crippen molar-refractivity contribution in [1.29, 1.82) is 0 Å². The molecule has 10 nitrogen and oxygen atoms in total. The van der Waals surface area contributed by atoms with Crippen LogP contribution >= 0.6 is 0 Å². The van der Waals surface area contributed by atoms with Gasteiger partial charge in [0.2, 0.25) is 0 Å². The summed E-state index contributed by atoms with van der Waals surface area (Å²) < 4.78 is 0. The van der Waals surface area contributed by atoms with Crippen LogP contribution in [0.3, 0.4) is 0 Å². The largest absolute Gasteiger partial charge is 0.395 e. The molecule has 4 N–H and O–H groups in total. The highest BCUT2D eigenvalue weighted by Crippen LogP contribution is 2.45. The molecular weight excluding hydrogens is 512 g/mol. The van der Waals surface area contributed by atoms with Crippen LogP contribution in [0.15, 0.2) is 72.8 Å². The van der Waals surface area contributed by atoms with Gasteiger partial charge in [-0.15, -0.1) is 0 Å². The number of carbonyl (C=O) groups is 4. The molecule has 0 fully saturated rings. The minimum absolute atomic E-state index is 0.0409. The molecule has 4 amide bonds. The van der Waals surface area contributed by atoms with Gasteiger partial charge in [-0.3, -0.25) is 19.2 Å². The molecule has 0 aromatic heterocycles. The lowest BCUT2D eigenvalue weighted by Gasteiger charge is -2.34. The zero-order chi connectivity index (χ0) is 28.0. The molecule has 40 heavy (non-hydrogen) atoms. The van der Waals surface area contributed by atoms with Gasteiger partial charge in [0.15, 0.2) is 0 Å². The Hall–Kier alpha value is -4.74. The van der Waals surface area contributed by atoms with Crippen LogP contribution < -0.4 is 10.9 Å². The summed E-state index contributed by atoms with van der Waals surface area (Å²) in [6.45, 7) is -0.697. The molecule has 4 aromatic carbocycles. The normalized spacial score (nSPS) is 14.4. The average molecular weight is 537 g/mol. The second kappa shape index (κ2) is 10.1. The fourth-order valence-electron chi connectivity index (χ4n) is 5.37. The molecule has 0 aliphatic carbocycles. The van der Waals surface area contributed by atoms with Crippen LogP contribution in [0.5, 0.6) is 0 Å². The molecule has 0 saturated heterocycles. The molecule has 10 heteroatoms. The fourth-order valence-corrected chi connectivity index (χ4v) is 5.37. The minimum Gasteiger partial charge on any atom is -0.395 e. The smallest absolute Gasteiger partial charge is 0.276 e. The topological polar surface area (TPSA) is 139 Å². The van der Waals surface area contributed by atoms with Crippen LogP contribution in [-0.4, -0.2) is 70.2 Å². The summed E-state index contributed by atoms with van der Waals surface area (Å²) in [6, 6.07) is 21.1. The first-order valence-electron chi connectivity index (χ1n) is 12.7. The number of carbonyl (C=O) groups excluding carboxylic acids is 4. The van der Waals surface area contributed by atoms with Crippen molar-refractivity contribution < 1.29 is 29.4 Å². The molecule has 2 heterocycles. The van der Waals surface area contributed by atoms with E-state index in [0.717, 1.165) is 10.0 Å². The Morgan fingerprint density at radius 1 is 0.525 bits per heavy atom. The molecule has 0 radical (unpaired) electrons. The number of rotatable bonds is 8. The lowest BCUT2D eigenvalue weighted by Crippen LogP contribution is -2.52. The maximum absolute atomic E-state index is 13.9. The monoisotopic (exact) mass is 536 g/mol. The molecule has 0 spiro atoms. The van der Waals surface area contributed by atoms with Crippen molar-refractivity contribution in [2.75, 3.05) is 26.3 Å². The summed E-state index contributed by atoms with van der Waals surface area (Å²) in [6.07, 6.45) is 0. The predicted octanol–water partition coefficient (Wildman–Crippen LogP) is 2.36. The van der Waals surface area contributed by atoms with Crippen LogP contribution in [0.4, 0.5) is 0 Å². The summed E-state index contributed by atoms with van der Waals surface area (Å²) in [5.74, 6) is -2.64. The fraction of sp³-hybridized carbons (Fsp3) is 0.133. The van der Waals surface area contributed by atoms with Gasteiger partial charge >= 0.3 is 0 Å². The number of benzene rings is 4. The molecule has 2 aliphatic heterocycles. The number of hydrogen-bond donors (Lipinski definition) is 4. The number of aliphatic hydroxyl groups excluding tert-OH is 2. The second-order valence-corrected chi connectivity index (χ2v) is 9.33. The highest BCUT2D eigenvalue weighted by Gasteiger charge is 2.43. The predicted molar refractivity (Wildman–Crippen MR) is 146 cm³/mol. The highest BCUT2D eigenvalue weighted by molar-refractivity contribution is 6.36. The van der Waals surface area contributed by atoms with E-state index in [0.29, 0.717) is 22.3 Å². The van der Waals surface area contributed by atoms with Crippen molar-refractivity contribution in [3.63, 3.8) is 0 Å². The lowest BCUT2D eigenvalue weighted by atomic mass is 9.79. The number of hydrazine groups is 2. The average Bonchev–Trinajstić information content (AvgIpc) is 2.99. The van der Waals surface area contributed by atoms with Crippen LogP contribution in [0.2, 0.25) is 0 Å². The summed E-state index contributed by atoms with van der Waals surface area (Å²) in [4.78, 5) is 55.4. The van der Waals surface area contributed by atoms with E-state index in [2.05, 4.69) is 10.9 Å². The third-order valence-corrected chi connectivity index (χ3v) is 7.04. The Morgan fingerprint density at radius 3 is 1.25 bits per heavy atom. The SMILES string of the molecule is O=C1c2cc(-c3ccccc3)c3c4c(cc(-c5ccccc5)c(c24)C(=O)N1NCCO)C(=O)N(NCCO)C3=O. The van der Waals surface area contributed by atoms with Crippen molar-refractivity contribution in [3.05, 3.63) is 95.1 Å². The van der Waals surface area contributed by atoms with Crippen LogP contribution in [0, 0.1) is 0 Å². The van der Waals surface area contributed by atoms with Gasteiger partial charge in [-0.25, -0.2) is 20.9 Å². The highest BCUT2D eigenvalue weighted by atomic mass is 16.3. The van der Waals surface area contributed by atoms with Crippen LogP contribution in [-0.2, 0) is 0 Å². The van der Waals surface area contributed by atoms with Crippen LogP contribution in [0.25, 0.3) is 33.0 Å². The van der Waals surface area contributed by atoms with Gasteiger partial charge < -0.3 is 10.2 Å². The Labute approximate surface area is 228 Å². The third-order valence-electron chi connectivity index (χ3n) is 7.04. The lowest BCUT2D eigenvalue weighted by molar-refractivity contribution is 0.0488. The Kier molecular flexibility index (Phi) is 6.45. The van der Waals surface area contributed by atoms with Gasteiger partial charge in [0, 0.05) is 23.9 Å². The van der Waals surface area contributed by atoms with Gasteiger partial charge in [0.1, 0.15) is 0 Å². The molecule has 6 rings (SSSR count). The first-order chi connectivity index (χ1) is 19.5. The van der Waals surface area contributed by atoms with Crippen molar-refractivity contribution in [2.45, 2.75) is 0 Å². The quantitative estimate of drug-likeness (QED) is 0.252. The van der Waals surface area contributed by atoms with E-state index in [1.54, 1.807) is 60.7 Å². The van der Waals surface area contributed by atoms with Gasteiger partial charge in [-0.1, -0.05) is 60.7 Å². The minimum atomic E-state index is -0.661. The Balaban J connectivity index is 1.77. The second-order valence-electron chi connectivity index (χ2n) is 9.33. The van der Waals surface area contributed by atoms with Crippen molar-refractivity contribution in [3.8, 4) is 22.3 Å². The van der Waals surface area contributed by atoms with Crippen LogP contribution in [0.1, 0.15) is 41.4 Å². The molecule has 0 unspecified atom stereocenters. The molecule has 0 atom stereocenters. The van der Waals surface area contributed by atoms with E-state index in [4.69, 9.17) is 0 Å². The van der Waals surface area contributed by atoms with E-state index < -0.39 is 23.6 Å². The molecule has 2 aliphatic rings. The molecule has 4 aromatic rings. The Morgan fingerprint density at radius 2 is 0.900 bits per heavy atom. The Bertz CT molecular complexity index is 1580. The molecule has 0 saturated carbocycles. The summed E-state index contributed by atoms with van der Waals surface area (Å²) in [7, 11) is 0. The number of nitrogens with zero attached hydrogens (tertiary/aromatic N) is 2. The number of aliphatic hydroxyl groups is 2. The summed E-state index contributed by atoms with van der Waals surface area (Å²) in [5.41, 5.74) is 8.16. The van der Waals surface area contributed by atoms with Gasteiger partial charge in [-0.05, 0) is 34.4 Å². The molecule has 200 valence electrons. The first-order valence-corrected chi connectivity index (χ1v) is 12.7. The van der Waals surface area contributed by atoms with Gasteiger partial charge in [0.05, 0.1) is 35.5 Å². The number of amides is 4. The van der Waals surface area contributed by atoms with Crippen molar-refractivity contribution >= 4 is 34.4 Å². The third kappa shape index (κ3) is 3.81. The van der Waals surface area contributed by atoms with E-state index in [-0.39, 0.29) is 59.3 Å². The van der Waals surface area contributed by atoms with Crippen molar-refractivity contribution in [1.82, 2.24) is 20.9 Å². The maximum Gasteiger partial charge on any atom is 0.276 e. The molecule has 0 bridgehead atoms. The van der Waals surface area contributed by atoms with E-state index in [1.165, 1.54) is 0 Å². The van der Waals surface area contributed by atoms with Gasteiger partial charge in [0.25, 0.3) is 23.6 Å². The maximum atomic E-state index is 13.9. The summed E-state index contributed by atoms with van der Waals surface area (Å²) >= 11 is 0. The van der Waals surface area contributed by atoms with E-state index >= 15 is 0 Å². The van der Waals surface area contributed by atoms with E-state index in [1.807, 2.05) is 12.1 Å². The zero-order valence-corrected chi connectivity index (χ0v) is 21.2. The standard InChI is InChI=1S/C30H24N4O6/c35-13-11-31-33-28(38)22-16-20(18-9-5-2-6-10-18)26-24-21(27(37)34(30(26)40)32-12-14-36)15-19(17-7-3-1-4-8-17)25(23(22)24)29(33)39/h1-10,15-16,31-32,35-36H,11-14H2. The number of hydrogen-bond acceptors (Lipinski definition) is 8. The van der Waals surface area contributed by atoms with Gasteiger partial charge in [-0.2, -0.15) is 0 Å². The number of nitrogens with one attached hydrogen (secondary N) is 2. The zero-order valence-electron chi connectivity index (χ0n) is 21.2.